The summed E-state index contributed by atoms with van der Waals surface area (Å²) in [7, 11) is 2.21. The van der Waals surface area contributed by atoms with Crippen molar-refractivity contribution in [1.29, 1.82) is 0 Å². The van der Waals surface area contributed by atoms with Crippen molar-refractivity contribution >= 4 is 17.5 Å². The van der Waals surface area contributed by atoms with Crippen LogP contribution < -0.4 is 4.84 Å². The molecular weight excluding hydrogens is 208 g/mol. The van der Waals surface area contributed by atoms with Gasteiger partial charge in [-0.1, -0.05) is 12.1 Å². The average molecular weight is 225 g/mol. The van der Waals surface area contributed by atoms with Crippen molar-refractivity contribution in [2.75, 3.05) is 18.4 Å². The minimum Gasteiger partial charge on any atom is -0.303 e. The molecular formula is C12H17ClN2. The maximum Gasteiger partial charge on any atom is 0.0491 e. The number of nitrogens with zero attached hydrogens (tertiary/aromatic N) is 1. The number of rotatable bonds is 5. The molecule has 3 heteroatoms. The zero-order valence-electron chi connectivity index (χ0n) is 9.04. The summed E-state index contributed by atoms with van der Waals surface area (Å²) in [4.78, 5) is 5.06. The van der Waals surface area contributed by atoms with Crippen molar-refractivity contribution in [1.82, 2.24) is 4.90 Å². The highest BCUT2D eigenvalue weighted by molar-refractivity contribution is 6.23. The fourth-order valence-electron chi connectivity index (χ4n) is 1.74. The van der Waals surface area contributed by atoms with Crippen molar-refractivity contribution in [3.05, 3.63) is 29.8 Å². The second-order valence-corrected chi connectivity index (χ2v) is 4.44. The van der Waals surface area contributed by atoms with Crippen LogP contribution in [-0.4, -0.2) is 24.5 Å². The predicted octanol–water partition coefficient (Wildman–Crippen LogP) is 2.89. The molecule has 1 aromatic rings. The molecule has 0 radical (unpaired) electrons. The van der Waals surface area contributed by atoms with E-state index >= 15 is 0 Å². The van der Waals surface area contributed by atoms with Crippen LogP contribution in [0.1, 0.15) is 18.4 Å². The number of anilines is 1. The van der Waals surface area contributed by atoms with Crippen molar-refractivity contribution in [2.24, 2.45) is 0 Å². The Morgan fingerprint density at radius 2 is 2.00 bits per heavy atom. The Hall–Kier alpha value is -0.730. The number of likely N-dealkylation sites (N-methyl/N-ethyl adjacent to an activating group) is 1. The summed E-state index contributed by atoms with van der Waals surface area (Å²) in [5.74, 6) is 0. The lowest BCUT2D eigenvalue weighted by Crippen LogP contribution is -2.23. The summed E-state index contributed by atoms with van der Waals surface area (Å²) >= 11 is 5.50. The van der Waals surface area contributed by atoms with Crippen LogP contribution in [0.2, 0.25) is 0 Å². The first-order chi connectivity index (χ1) is 7.29. The van der Waals surface area contributed by atoms with Gasteiger partial charge in [-0.15, -0.1) is 0 Å². The van der Waals surface area contributed by atoms with Gasteiger partial charge in [-0.2, -0.15) is 0 Å². The van der Waals surface area contributed by atoms with E-state index in [-0.39, 0.29) is 0 Å². The molecule has 2 nitrogen and oxygen atoms in total. The van der Waals surface area contributed by atoms with Crippen LogP contribution in [0.5, 0.6) is 0 Å². The topological polar surface area (TPSA) is 15.3 Å². The van der Waals surface area contributed by atoms with Crippen LogP contribution in [0.3, 0.4) is 0 Å². The van der Waals surface area contributed by atoms with Crippen LogP contribution in [-0.2, 0) is 6.42 Å². The maximum atomic E-state index is 5.50. The highest BCUT2D eigenvalue weighted by Crippen LogP contribution is 2.25. The zero-order chi connectivity index (χ0) is 10.7. The molecule has 0 amide bonds. The molecule has 0 heterocycles. The van der Waals surface area contributed by atoms with E-state index in [9.17, 15) is 0 Å². The SMILES string of the molecule is CN(CCc1ccc(NCl)cc1)C1CC1. The van der Waals surface area contributed by atoms with Crippen molar-refractivity contribution < 1.29 is 0 Å². The molecule has 2 rings (SSSR count). The van der Waals surface area contributed by atoms with Gasteiger partial charge in [0.1, 0.15) is 0 Å². The van der Waals surface area contributed by atoms with E-state index in [4.69, 9.17) is 11.8 Å². The van der Waals surface area contributed by atoms with E-state index in [1.165, 1.54) is 18.4 Å². The summed E-state index contributed by atoms with van der Waals surface area (Å²) in [6, 6.07) is 9.14. The fraction of sp³-hybridized carbons (Fsp3) is 0.500. The summed E-state index contributed by atoms with van der Waals surface area (Å²) in [6.45, 7) is 1.15. The van der Waals surface area contributed by atoms with Gasteiger partial charge in [0, 0.05) is 30.1 Å². The molecule has 0 spiro atoms. The lowest BCUT2D eigenvalue weighted by atomic mass is 10.1. The lowest BCUT2D eigenvalue weighted by molar-refractivity contribution is 0.328. The normalized spacial score (nSPS) is 15.7. The third-order valence-corrected chi connectivity index (χ3v) is 3.20. The van der Waals surface area contributed by atoms with Crippen molar-refractivity contribution in [3.63, 3.8) is 0 Å². The highest BCUT2D eigenvalue weighted by atomic mass is 35.5. The van der Waals surface area contributed by atoms with E-state index in [1.807, 2.05) is 12.1 Å². The third-order valence-electron chi connectivity index (χ3n) is 2.99. The molecule has 1 N–H and O–H groups in total. The maximum absolute atomic E-state index is 5.50. The predicted molar refractivity (Wildman–Crippen MR) is 65.3 cm³/mol. The largest absolute Gasteiger partial charge is 0.303 e. The summed E-state index contributed by atoms with van der Waals surface area (Å²) < 4.78 is 0. The Balaban J connectivity index is 1.81. The first-order valence-corrected chi connectivity index (χ1v) is 5.83. The Bertz CT molecular complexity index is 306. The summed E-state index contributed by atoms with van der Waals surface area (Å²) in [5.41, 5.74) is 2.33. The molecule has 0 unspecified atom stereocenters. The second kappa shape index (κ2) is 4.86. The van der Waals surface area contributed by atoms with E-state index in [1.54, 1.807) is 0 Å². The van der Waals surface area contributed by atoms with Gasteiger partial charge in [0.05, 0.1) is 0 Å². The number of hydrogen-bond donors (Lipinski definition) is 1. The smallest absolute Gasteiger partial charge is 0.0491 e. The molecule has 1 aliphatic carbocycles. The number of halogens is 1. The van der Waals surface area contributed by atoms with Crippen LogP contribution in [0, 0.1) is 0 Å². The molecule has 1 saturated carbocycles. The van der Waals surface area contributed by atoms with E-state index < -0.39 is 0 Å². The lowest BCUT2D eigenvalue weighted by Gasteiger charge is -2.15. The monoisotopic (exact) mass is 224 g/mol. The molecule has 0 aliphatic heterocycles. The second-order valence-electron chi connectivity index (χ2n) is 4.25. The van der Waals surface area contributed by atoms with E-state index in [2.05, 4.69) is 28.9 Å². The van der Waals surface area contributed by atoms with Crippen molar-refractivity contribution in [2.45, 2.75) is 25.3 Å². The Kier molecular flexibility index (Phi) is 3.49. The highest BCUT2D eigenvalue weighted by Gasteiger charge is 2.25. The molecule has 82 valence electrons. The Morgan fingerprint density at radius 3 is 2.53 bits per heavy atom. The van der Waals surface area contributed by atoms with Gasteiger partial charge in [0.25, 0.3) is 0 Å². The quantitative estimate of drug-likeness (QED) is 0.774. The van der Waals surface area contributed by atoms with E-state index in [0.717, 1.165) is 24.7 Å². The Labute approximate surface area is 96.3 Å². The van der Waals surface area contributed by atoms with Gasteiger partial charge in [0.2, 0.25) is 0 Å². The average Bonchev–Trinajstić information content (AvgIpc) is 3.10. The van der Waals surface area contributed by atoms with Crippen molar-refractivity contribution in [3.8, 4) is 0 Å². The van der Waals surface area contributed by atoms with Crippen LogP contribution in [0.4, 0.5) is 5.69 Å². The van der Waals surface area contributed by atoms with Crippen LogP contribution in [0.15, 0.2) is 24.3 Å². The summed E-state index contributed by atoms with van der Waals surface area (Å²) in [6.07, 6.45) is 3.88. The minimum atomic E-state index is 0.855. The minimum absolute atomic E-state index is 0.855. The van der Waals surface area contributed by atoms with Gasteiger partial charge >= 0.3 is 0 Å². The molecule has 15 heavy (non-hydrogen) atoms. The number of benzene rings is 1. The van der Waals surface area contributed by atoms with Crippen LogP contribution in [0.25, 0.3) is 0 Å². The molecule has 1 aromatic carbocycles. The summed E-state index contributed by atoms with van der Waals surface area (Å²) in [5, 5.41) is 0. The van der Waals surface area contributed by atoms with E-state index in [0.29, 0.717) is 0 Å². The molecule has 0 atom stereocenters. The van der Waals surface area contributed by atoms with Gasteiger partial charge < -0.3 is 4.90 Å². The fourth-order valence-corrected chi connectivity index (χ4v) is 1.86. The third kappa shape index (κ3) is 3.11. The zero-order valence-corrected chi connectivity index (χ0v) is 9.80. The van der Waals surface area contributed by atoms with Gasteiger partial charge in [-0.05, 0) is 44.0 Å². The van der Waals surface area contributed by atoms with Crippen LogP contribution >= 0.6 is 11.8 Å². The molecule has 0 bridgehead atoms. The van der Waals surface area contributed by atoms with Gasteiger partial charge in [0.15, 0.2) is 0 Å². The first-order valence-electron chi connectivity index (χ1n) is 5.45. The molecule has 1 aliphatic rings. The number of nitrogens with one attached hydrogen (secondary N) is 1. The molecule has 1 fully saturated rings. The number of hydrogen-bond acceptors (Lipinski definition) is 2. The Morgan fingerprint density at radius 1 is 1.33 bits per heavy atom. The molecule has 0 saturated heterocycles. The standard InChI is InChI=1S/C12H17ClN2/c1-15(12-6-7-12)9-8-10-2-4-11(14-13)5-3-10/h2-5,12,14H,6-9H2,1H3. The first kappa shape index (κ1) is 10.8. The van der Waals surface area contributed by atoms with Gasteiger partial charge in [-0.3, -0.25) is 4.84 Å². The molecule has 0 aromatic heterocycles. The van der Waals surface area contributed by atoms with Gasteiger partial charge in [-0.25, -0.2) is 0 Å².